The predicted molar refractivity (Wildman–Crippen MR) is 85.1 cm³/mol. The summed E-state index contributed by atoms with van der Waals surface area (Å²) in [6.45, 7) is 4.93. The molecule has 1 aliphatic heterocycles. The van der Waals surface area contributed by atoms with Crippen LogP contribution < -0.4 is 10.2 Å². The molecule has 1 fully saturated rings. The lowest BCUT2D eigenvalue weighted by Gasteiger charge is -2.27. The Kier molecular flexibility index (Phi) is 6.46. The van der Waals surface area contributed by atoms with E-state index in [1.807, 2.05) is 12.1 Å². The summed E-state index contributed by atoms with van der Waals surface area (Å²) in [6.07, 6.45) is 5.02. The molecule has 1 heterocycles. The van der Waals surface area contributed by atoms with Crippen LogP contribution in [-0.2, 0) is 6.54 Å². The molecule has 4 heteroatoms. The van der Waals surface area contributed by atoms with E-state index in [1.165, 1.54) is 0 Å². The molecule has 0 aromatic heterocycles. The van der Waals surface area contributed by atoms with Crippen molar-refractivity contribution in [2.75, 3.05) is 24.6 Å². The third kappa shape index (κ3) is 4.42. The number of nitrogens with one attached hydrogen (secondary N) is 1. The fourth-order valence-corrected chi connectivity index (χ4v) is 3.08. The number of hydrogen-bond donors (Lipinski definition) is 2. The van der Waals surface area contributed by atoms with Crippen molar-refractivity contribution in [2.45, 2.75) is 51.6 Å². The van der Waals surface area contributed by atoms with Crippen molar-refractivity contribution in [2.24, 2.45) is 0 Å². The van der Waals surface area contributed by atoms with Gasteiger partial charge in [0.1, 0.15) is 5.82 Å². The molecular formula is C17H27FN2O. The number of rotatable bonds is 8. The number of hydrogen-bond acceptors (Lipinski definition) is 3. The molecule has 1 aliphatic rings. The van der Waals surface area contributed by atoms with Gasteiger partial charge in [-0.3, -0.25) is 0 Å². The molecule has 1 saturated heterocycles. The molecule has 0 amide bonds. The van der Waals surface area contributed by atoms with E-state index >= 15 is 0 Å². The summed E-state index contributed by atoms with van der Waals surface area (Å²) in [5.74, 6) is -0.123. The Morgan fingerprint density at radius 2 is 2.29 bits per heavy atom. The quantitative estimate of drug-likeness (QED) is 0.723. The lowest BCUT2D eigenvalue weighted by molar-refractivity contribution is 0.279. The van der Waals surface area contributed by atoms with Gasteiger partial charge in [0.2, 0.25) is 0 Å². The predicted octanol–water partition coefficient (Wildman–Crippen LogP) is 3.07. The molecule has 1 unspecified atom stereocenters. The van der Waals surface area contributed by atoms with Crippen LogP contribution in [0.5, 0.6) is 0 Å². The second-order valence-electron chi connectivity index (χ2n) is 5.82. The van der Waals surface area contributed by atoms with Gasteiger partial charge < -0.3 is 15.3 Å². The van der Waals surface area contributed by atoms with Gasteiger partial charge in [0.05, 0.1) is 5.69 Å². The van der Waals surface area contributed by atoms with Crippen molar-refractivity contribution in [1.29, 1.82) is 0 Å². The van der Waals surface area contributed by atoms with Gasteiger partial charge in [-0.05, 0) is 56.3 Å². The van der Waals surface area contributed by atoms with Crippen LogP contribution >= 0.6 is 0 Å². The number of aliphatic hydroxyl groups is 1. The first-order valence-electron chi connectivity index (χ1n) is 8.13. The average Bonchev–Trinajstić information content (AvgIpc) is 2.94. The first-order chi connectivity index (χ1) is 10.3. The van der Waals surface area contributed by atoms with Crippen LogP contribution in [-0.4, -0.2) is 30.8 Å². The Morgan fingerprint density at radius 1 is 1.43 bits per heavy atom. The minimum absolute atomic E-state index is 0.123. The van der Waals surface area contributed by atoms with Crippen molar-refractivity contribution < 1.29 is 9.50 Å². The zero-order valence-corrected chi connectivity index (χ0v) is 12.9. The van der Waals surface area contributed by atoms with Crippen molar-refractivity contribution >= 4 is 5.69 Å². The molecule has 0 saturated carbocycles. The summed E-state index contributed by atoms with van der Waals surface area (Å²) in [4.78, 5) is 2.17. The van der Waals surface area contributed by atoms with E-state index in [4.69, 9.17) is 5.11 Å². The van der Waals surface area contributed by atoms with Gasteiger partial charge in [0.15, 0.2) is 0 Å². The van der Waals surface area contributed by atoms with Crippen LogP contribution in [0.1, 0.15) is 44.6 Å². The van der Waals surface area contributed by atoms with Crippen LogP contribution in [0.25, 0.3) is 0 Å². The third-order valence-corrected chi connectivity index (χ3v) is 4.15. The molecule has 118 valence electrons. The maximum Gasteiger partial charge on any atom is 0.146 e. The molecule has 3 nitrogen and oxygen atoms in total. The zero-order valence-electron chi connectivity index (χ0n) is 12.9. The normalized spacial score (nSPS) is 18.4. The number of benzene rings is 1. The molecule has 1 atom stereocenters. The van der Waals surface area contributed by atoms with E-state index in [0.29, 0.717) is 6.04 Å². The first-order valence-corrected chi connectivity index (χ1v) is 8.13. The summed E-state index contributed by atoms with van der Waals surface area (Å²) in [6, 6.07) is 5.95. The topological polar surface area (TPSA) is 35.5 Å². The van der Waals surface area contributed by atoms with Crippen LogP contribution in [0.15, 0.2) is 18.2 Å². The van der Waals surface area contributed by atoms with Crippen LogP contribution in [0.2, 0.25) is 0 Å². The first kappa shape index (κ1) is 16.2. The smallest absolute Gasteiger partial charge is 0.146 e. The molecule has 0 radical (unpaired) electrons. The molecule has 1 aromatic rings. The molecule has 0 bridgehead atoms. The van der Waals surface area contributed by atoms with Gasteiger partial charge in [0, 0.05) is 25.7 Å². The highest BCUT2D eigenvalue weighted by Gasteiger charge is 2.26. The molecular weight excluding hydrogens is 267 g/mol. The lowest BCUT2D eigenvalue weighted by atomic mass is 10.1. The SMILES string of the molecule is CCCNCc1ccc(N2CCCC2CCCO)c(F)c1. The van der Waals surface area contributed by atoms with E-state index in [9.17, 15) is 4.39 Å². The lowest BCUT2D eigenvalue weighted by Crippen LogP contribution is -2.30. The molecule has 2 rings (SSSR count). The fourth-order valence-electron chi connectivity index (χ4n) is 3.08. The molecule has 0 spiro atoms. The molecule has 2 N–H and O–H groups in total. The zero-order chi connectivity index (χ0) is 15.1. The summed E-state index contributed by atoms with van der Waals surface area (Å²) < 4.78 is 14.4. The van der Waals surface area contributed by atoms with Crippen molar-refractivity contribution in [1.82, 2.24) is 5.32 Å². The van der Waals surface area contributed by atoms with Gasteiger partial charge in [-0.1, -0.05) is 13.0 Å². The Hall–Kier alpha value is -1.13. The molecule has 0 aliphatic carbocycles. The van der Waals surface area contributed by atoms with E-state index in [1.54, 1.807) is 6.07 Å². The van der Waals surface area contributed by atoms with Crippen LogP contribution in [0.4, 0.5) is 10.1 Å². The monoisotopic (exact) mass is 294 g/mol. The average molecular weight is 294 g/mol. The summed E-state index contributed by atoms with van der Waals surface area (Å²) in [5.41, 5.74) is 1.71. The van der Waals surface area contributed by atoms with Crippen molar-refractivity contribution in [3.05, 3.63) is 29.6 Å². The van der Waals surface area contributed by atoms with E-state index in [2.05, 4.69) is 17.1 Å². The van der Waals surface area contributed by atoms with Gasteiger partial charge in [-0.15, -0.1) is 0 Å². The van der Waals surface area contributed by atoms with E-state index < -0.39 is 0 Å². The number of aliphatic hydroxyl groups excluding tert-OH is 1. The minimum atomic E-state index is -0.123. The van der Waals surface area contributed by atoms with Crippen molar-refractivity contribution in [3.63, 3.8) is 0 Å². The van der Waals surface area contributed by atoms with Crippen LogP contribution in [0, 0.1) is 5.82 Å². The maximum absolute atomic E-state index is 14.4. The number of halogens is 1. The standard InChI is InChI=1S/C17H27FN2O/c1-2-9-19-13-14-7-8-17(16(18)12-14)20-10-3-5-15(20)6-4-11-21/h7-8,12,15,19,21H,2-6,9-11,13H2,1H3. The van der Waals surface area contributed by atoms with Crippen molar-refractivity contribution in [3.8, 4) is 0 Å². The minimum Gasteiger partial charge on any atom is -0.396 e. The van der Waals surface area contributed by atoms with Crippen LogP contribution in [0.3, 0.4) is 0 Å². The fraction of sp³-hybridized carbons (Fsp3) is 0.647. The second-order valence-corrected chi connectivity index (χ2v) is 5.82. The Labute approximate surface area is 127 Å². The Balaban J connectivity index is 2.02. The highest BCUT2D eigenvalue weighted by Crippen LogP contribution is 2.30. The Morgan fingerprint density at radius 3 is 3.00 bits per heavy atom. The largest absolute Gasteiger partial charge is 0.396 e. The van der Waals surface area contributed by atoms with Gasteiger partial charge in [-0.25, -0.2) is 4.39 Å². The van der Waals surface area contributed by atoms with Gasteiger partial charge in [-0.2, -0.15) is 0 Å². The Bertz CT molecular complexity index is 439. The van der Waals surface area contributed by atoms with E-state index in [0.717, 1.165) is 63.0 Å². The molecule has 1 aromatic carbocycles. The third-order valence-electron chi connectivity index (χ3n) is 4.15. The van der Waals surface area contributed by atoms with E-state index in [-0.39, 0.29) is 12.4 Å². The summed E-state index contributed by atoms with van der Waals surface area (Å²) in [5, 5.41) is 12.3. The number of anilines is 1. The highest BCUT2D eigenvalue weighted by atomic mass is 19.1. The van der Waals surface area contributed by atoms with Gasteiger partial charge >= 0.3 is 0 Å². The maximum atomic E-state index is 14.4. The summed E-state index contributed by atoms with van der Waals surface area (Å²) in [7, 11) is 0. The summed E-state index contributed by atoms with van der Waals surface area (Å²) >= 11 is 0. The molecule has 21 heavy (non-hydrogen) atoms. The number of nitrogens with zero attached hydrogens (tertiary/aromatic N) is 1. The van der Waals surface area contributed by atoms with Gasteiger partial charge in [0.25, 0.3) is 0 Å². The second kappa shape index (κ2) is 8.35. The highest BCUT2D eigenvalue weighted by molar-refractivity contribution is 5.51.